The number of carbonyl (C=O) groups excluding carboxylic acids is 1. The summed E-state index contributed by atoms with van der Waals surface area (Å²) >= 11 is 2.12. The lowest BCUT2D eigenvalue weighted by atomic mass is 10.2. The first kappa shape index (κ1) is 14.3. The normalized spacial score (nSPS) is 10.7. The van der Waals surface area contributed by atoms with E-state index in [1.165, 1.54) is 24.4 Å². The summed E-state index contributed by atoms with van der Waals surface area (Å²) in [7, 11) is 0. The summed E-state index contributed by atoms with van der Waals surface area (Å²) in [6, 6.07) is 11.2. The molecule has 0 bridgehead atoms. The highest BCUT2D eigenvalue weighted by atomic mass is 127. The minimum absolute atomic E-state index is 0.0393. The smallest absolute Gasteiger partial charge is 0.271 e. The first-order chi connectivity index (χ1) is 9.56. The largest absolute Gasteiger partial charge is 0.508 e. The Labute approximate surface area is 129 Å². The molecule has 102 valence electrons. The Hall–Kier alpha value is -2.09. The van der Waals surface area contributed by atoms with Gasteiger partial charge in [0.15, 0.2) is 0 Å². The van der Waals surface area contributed by atoms with Crippen molar-refractivity contribution in [3.8, 4) is 11.5 Å². The molecule has 0 aliphatic carbocycles. The standard InChI is InChI=1S/C14H11IN2O3/c15-11-3-1-2-9(6-11)14(20)17-16-8-10-4-5-12(18)7-13(10)19/h1-8,18-19H,(H,17,20)/b16-8+. The Kier molecular flexibility index (Phi) is 4.57. The monoisotopic (exact) mass is 382 g/mol. The van der Waals surface area contributed by atoms with E-state index in [0.29, 0.717) is 11.1 Å². The van der Waals surface area contributed by atoms with Gasteiger partial charge in [-0.2, -0.15) is 5.10 Å². The minimum Gasteiger partial charge on any atom is -0.508 e. The molecule has 0 saturated heterocycles. The van der Waals surface area contributed by atoms with Crippen LogP contribution in [0, 0.1) is 3.57 Å². The molecule has 2 rings (SSSR count). The maximum absolute atomic E-state index is 11.8. The Morgan fingerprint density at radius 1 is 1.20 bits per heavy atom. The van der Waals surface area contributed by atoms with E-state index < -0.39 is 0 Å². The molecule has 0 unspecified atom stereocenters. The molecular weight excluding hydrogens is 371 g/mol. The summed E-state index contributed by atoms with van der Waals surface area (Å²) in [4.78, 5) is 11.8. The summed E-state index contributed by atoms with van der Waals surface area (Å²) < 4.78 is 0.954. The van der Waals surface area contributed by atoms with Crippen molar-refractivity contribution in [3.63, 3.8) is 0 Å². The van der Waals surface area contributed by atoms with Gasteiger partial charge in [0.05, 0.1) is 6.21 Å². The van der Waals surface area contributed by atoms with Crippen molar-refractivity contribution >= 4 is 34.7 Å². The van der Waals surface area contributed by atoms with Gasteiger partial charge in [0.25, 0.3) is 5.91 Å². The Bertz CT molecular complexity index is 671. The second kappa shape index (κ2) is 6.38. The van der Waals surface area contributed by atoms with Crippen LogP contribution in [0.5, 0.6) is 11.5 Å². The van der Waals surface area contributed by atoms with E-state index >= 15 is 0 Å². The van der Waals surface area contributed by atoms with Crippen LogP contribution in [0.4, 0.5) is 0 Å². The first-order valence-corrected chi connectivity index (χ1v) is 6.75. The van der Waals surface area contributed by atoms with Gasteiger partial charge in [-0.1, -0.05) is 6.07 Å². The number of halogens is 1. The van der Waals surface area contributed by atoms with E-state index in [4.69, 9.17) is 5.11 Å². The molecule has 5 nitrogen and oxygen atoms in total. The van der Waals surface area contributed by atoms with Crippen LogP contribution in [-0.2, 0) is 0 Å². The van der Waals surface area contributed by atoms with Crippen molar-refractivity contribution in [3.05, 3.63) is 57.2 Å². The minimum atomic E-state index is -0.335. The van der Waals surface area contributed by atoms with Crippen LogP contribution in [-0.4, -0.2) is 22.3 Å². The van der Waals surface area contributed by atoms with E-state index in [0.717, 1.165) is 3.57 Å². The van der Waals surface area contributed by atoms with Gasteiger partial charge in [0.2, 0.25) is 0 Å². The number of carbonyl (C=O) groups is 1. The molecule has 0 aromatic heterocycles. The fourth-order valence-corrected chi connectivity index (χ4v) is 2.04. The third kappa shape index (κ3) is 3.70. The van der Waals surface area contributed by atoms with Crippen molar-refractivity contribution in [1.82, 2.24) is 5.43 Å². The number of hydrazone groups is 1. The number of phenolic OH excluding ortho intramolecular Hbond substituents is 2. The van der Waals surface area contributed by atoms with Crippen molar-refractivity contribution in [2.75, 3.05) is 0 Å². The second-order valence-electron chi connectivity index (χ2n) is 3.95. The molecule has 0 saturated carbocycles. The lowest BCUT2D eigenvalue weighted by Gasteiger charge is -2.01. The van der Waals surface area contributed by atoms with Gasteiger partial charge in [-0.3, -0.25) is 4.79 Å². The molecule has 20 heavy (non-hydrogen) atoms. The van der Waals surface area contributed by atoms with E-state index in [2.05, 4.69) is 33.1 Å². The lowest BCUT2D eigenvalue weighted by molar-refractivity contribution is 0.0955. The number of phenols is 2. The predicted octanol–water partition coefficient (Wildman–Crippen LogP) is 2.47. The molecule has 0 aliphatic heterocycles. The SMILES string of the molecule is O=C(N/N=C/c1ccc(O)cc1O)c1cccc(I)c1. The molecule has 0 heterocycles. The predicted molar refractivity (Wildman–Crippen MR) is 84.0 cm³/mol. The first-order valence-electron chi connectivity index (χ1n) is 5.67. The van der Waals surface area contributed by atoms with Gasteiger partial charge in [-0.15, -0.1) is 0 Å². The molecule has 0 fully saturated rings. The molecule has 0 spiro atoms. The Morgan fingerprint density at radius 3 is 2.70 bits per heavy atom. The average molecular weight is 382 g/mol. The summed E-state index contributed by atoms with van der Waals surface area (Å²) in [6.45, 7) is 0. The van der Waals surface area contributed by atoms with Crippen molar-refractivity contribution in [2.24, 2.45) is 5.10 Å². The Morgan fingerprint density at radius 2 is 2.00 bits per heavy atom. The van der Waals surface area contributed by atoms with Crippen LogP contribution >= 0.6 is 22.6 Å². The summed E-state index contributed by atoms with van der Waals surface area (Å²) in [5.41, 5.74) is 3.27. The average Bonchev–Trinajstić information content (AvgIpc) is 2.41. The fourth-order valence-electron chi connectivity index (χ4n) is 1.50. The van der Waals surface area contributed by atoms with Crippen LogP contribution in [0.15, 0.2) is 47.6 Å². The van der Waals surface area contributed by atoms with Crippen molar-refractivity contribution in [1.29, 1.82) is 0 Å². The molecule has 0 aliphatic rings. The van der Waals surface area contributed by atoms with Crippen molar-refractivity contribution in [2.45, 2.75) is 0 Å². The lowest BCUT2D eigenvalue weighted by Crippen LogP contribution is -2.17. The Balaban J connectivity index is 2.04. The van der Waals surface area contributed by atoms with E-state index in [9.17, 15) is 9.90 Å². The number of nitrogens with one attached hydrogen (secondary N) is 1. The van der Waals surface area contributed by atoms with Crippen LogP contribution in [0.1, 0.15) is 15.9 Å². The molecule has 0 atom stereocenters. The van der Waals surface area contributed by atoms with E-state index in [1.54, 1.807) is 18.2 Å². The van der Waals surface area contributed by atoms with Crippen LogP contribution in [0.25, 0.3) is 0 Å². The van der Waals surface area contributed by atoms with Gasteiger partial charge in [0, 0.05) is 20.8 Å². The molecule has 2 aromatic carbocycles. The number of rotatable bonds is 3. The summed E-state index contributed by atoms with van der Waals surface area (Å²) in [6.07, 6.45) is 1.31. The molecule has 6 heteroatoms. The van der Waals surface area contributed by atoms with Gasteiger partial charge in [-0.05, 0) is 52.9 Å². The summed E-state index contributed by atoms with van der Waals surface area (Å²) in [5.74, 6) is -0.488. The second-order valence-corrected chi connectivity index (χ2v) is 5.20. The highest BCUT2D eigenvalue weighted by molar-refractivity contribution is 14.1. The number of benzene rings is 2. The molecule has 0 radical (unpaired) electrons. The van der Waals surface area contributed by atoms with E-state index in [-0.39, 0.29) is 17.4 Å². The molecule has 1 amide bonds. The zero-order valence-corrected chi connectivity index (χ0v) is 12.4. The number of amides is 1. The molecular formula is C14H11IN2O3. The van der Waals surface area contributed by atoms with Crippen LogP contribution < -0.4 is 5.43 Å². The number of hydrogen-bond donors (Lipinski definition) is 3. The van der Waals surface area contributed by atoms with Crippen molar-refractivity contribution < 1.29 is 15.0 Å². The van der Waals surface area contributed by atoms with E-state index in [1.807, 2.05) is 6.07 Å². The highest BCUT2D eigenvalue weighted by Crippen LogP contribution is 2.20. The topological polar surface area (TPSA) is 81.9 Å². The maximum Gasteiger partial charge on any atom is 0.271 e. The van der Waals surface area contributed by atoms with Gasteiger partial charge >= 0.3 is 0 Å². The molecule has 2 aromatic rings. The highest BCUT2D eigenvalue weighted by Gasteiger charge is 2.04. The van der Waals surface area contributed by atoms with Gasteiger partial charge in [0.1, 0.15) is 11.5 Å². The third-order valence-corrected chi connectivity index (χ3v) is 3.14. The maximum atomic E-state index is 11.8. The molecule has 3 N–H and O–H groups in total. The zero-order chi connectivity index (χ0) is 14.5. The van der Waals surface area contributed by atoms with Gasteiger partial charge < -0.3 is 10.2 Å². The summed E-state index contributed by atoms with van der Waals surface area (Å²) in [5, 5.41) is 22.5. The number of hydrogen-bond acceptors (Lipinski definition) is 4. The van der Waals surface area contributed by atoms with Gasteiger partial charge in [-0.25, -0.2) is 5.43 Å². The zero-order valence-electron chi connectivity index (χ0n) is 10.2. The van der Waals surface area contributed by atoms with Crippen LogP contribution in [0.2, 0.25) is 0 Å². The quantitative estimate of drug-likeness (QED) is 0.434. The third-order valence-electron chi connectivity index (χ3n) is 2.47. The fraction of sp³-hybridized carbons (Fsp3) is 0. The number of aromatic hydroxyl groups is 2. The number of nitrogens with zero attached hydrogens (tertiary/aromatic N) is 1. The van der Waals surface area contributed by atoms with Crippen LogP contribution in [0.3, 0.4) is 0 Å².